The highest BCUT2D eigenvalue weighted by Crippen LogP contribution is 2.48. The van der Waals surface area contributed by atoms with Gasteiger partial charge in [0.05, 0.1) is 11.1 Å². The van der Waals surface area contributed by atoms with Gasteiger partial charge in [-0.15, -0.1) is 0 Å². The molecule has 8 aromatic rings. The molecule has 0 unspecified atom stereocenters. The fraction of sp³-hybridized carbons (Fsp3) is 0. The minimum atomic E-state index is 0.888. The first-order valence-electron chi connectivity index (χ1n) is 14.3. The lowest BCUT2D eigenvalue weighted by atomic mass is 9.92. The summed E-state index contributed by atoms with van der Waals surface area (Å²) in [6.45, 7) is 0. The molecule has 0 aliphatic heterocycles. The van der Waals surface area contributed by atoms with Crippen molar-refractivity contribution in [2.45, 2.75) is 0 Å². The van der Waals surface area contributed by atoms with Crippen molar-refractivity contribution >= 4 is 49.8 Å². The maximum atomic E-state index is 6.98. The lowest BCUT2D eigenvalue weighted by molar-refractivity contribution is 0.674. The molecule has 0 N–H and O–H groups in total. The van der Waals surface area contributed by atoms with E-state index in [0.29, 0.717) is 0 Å². The third kappa shape index (κ3) is 3.96. The van der Waals surface area contributed by atoms with E-state index in [1.807, 2.05) is 0 Å². The Balaban J connectivity index is 1.49. The summed E-state index contributed by atoms with van der Waals surface area (Å²) in [5.41, 5.74) is 9.66. The molecular weight excluding hydrogens is 510 g/mol. The highest BCUT2D eigenvalue weighted by Gasteiger charge is 2.23. The molecule has 42 heavy (non-hydrogen) atoms. The second-order valence-electron chi connectivity index (χ2n) is 10.5. The van der Waals surface area contributed by atoms with E-state index in [1.165, 1.54) is 16.5 Å². The summed E-state index contributed by atoms with van der Waals surface area (Å²) in [6.07, 6.45) is 0. The topological polar surface area (TPSA) is 16.4 Å². The summed E-state index contributed by atoms with van der Waals surface area (Å²) in [6, 6.07) is 57.7. The Hall–Kier alpha value is -5.60. The summed E-state index contributed by atoms with van der Waals surface area (Å²) in [5, 5.41) is 4.49. The molecule has 0 fully saturated rings. The zero-order chi connectivity index (χ0) is 27.9. The third-order valence-corrected chi connectivity index (χ3v) is 8.06. The first-order chi connectivity index (χ1) is 20.9. The Morgan fingerprint density at radius 2 is 0.976 bits per heavy atom. The molecular formula is C40H27NO. The van der Waals surface area contributed by atoms with Crippen LogP contribution in [0.15, 0.2) is 168 Å². The van der Waals surface area contributed by atoms with E-state index < -0.39 is 0 Å². The van der Waals surface area contributed by atoms with Crippen molar-refractivity contribution in [1.82, 2.24) is 0 Å². The van der Waals surface area contributed by atoms with Crippen molar-refractivity contribution < 1.29 is 4.42 Å². The molecule has 1 heterocycles. The highest BCUT2D eigenvalue weighted by molar-refractivity contribution is 6.22. The van der Waals surface area contributed by atoms with Gasteiger partial charge in [-0.2, -0.15) is 0 Å². The molecule has 1 aromatic heterocycles. The first-order valence-corrected chi connectivity index (χ1v) is 14.3. The van der Waals surface area contributed by atoms with E-state index in [0.717, 1.165) is 55.5 Å². The predicted octanol–water partition coefficient (Wildman–Crippen LogP) is 11.5. The number of para-hydroxylation sites is 2. The molecule has 0 radical (unpaired) electrons. The molecule has 0 atom stereocenters. The van der Waals surface area contributed by atoms with Crippen LogP contribution in [0.25, 0.3) is 55.0 Å². The maximum absolute atomic E-state index is 6.98. The van der Waals surface area contributed by atoms with Crippen LogP contribution < -0.4 is 4.90 Å². The van der Waals surface area contributed by atoms with E-state index in [9.17, 15) is 0 Å². The summed E-state index contributed by atoms with van der Waals surface area (Å²) in [7, 11) is 0. The number of anilines is 3. The Bertz CT molecular complexity index is 2140. The monoisotopic (exact) mass is 537 g/mol. The number of hydrogen-bond acceptors (Lipinski definition) is 2. The molecule has 2 heteroatoms. The number of rotatable bonds is 5. The number of benzene rings is 7. The highest BCUT2D eigenvalue weighted by atomic mass is 16.3. The largest absolute Gasteiger partial charge is 0.455 e. The van der Waals surface area contributed by atoms with E-state index in [-0.39, 0.29) is 0 Å². The van der Waals surface area contributed by atoms with Crippen LogP contribution in [0.3, 0.4) is 0 Å². The Morgan fingerprint density at radius 3 is 1.69 bits per heavy atom. The third-order valence-electron chi connectivity index (χ3n) is 8.06. The van der Waals surface area contributed by atoms with Gasteiger partial charge in [0, 0.05) is 27.7 Å². The molecule has 0 aliphatic carbocycles. The lowest BCUT2D eigenvalue weighted by Gasteiger charge is -2.26. The van der Waals surface area contributed by atoms with Crippen LogP contribution in [0, 0.1) is 0 Å². The molecule has 0 bridgehead atoms. The van der Waals surface area contributed by atoms with Crippen molar-refractivity contribution in [3.63, 3.8) is 0 Å². The molecule has 0 saturated carbocycles. The van der Waals surface area contributed by atoms with Gasteiger partial charge in [-0.3, -0.25) is 0 Å². The van der Waals surface area contributed by atoms with Crippen LogP contribution in [-0.2, 0) is 0 Å². The van der Waals surface area contributed by atoms with Crippen molar-refractivity contribution in [3.8, 4) is 22.3 Å². The Labute approximate surface area is 244 Å². The number of nitrogens with zero attached hydrogens (tertiary/aromatic N) is 1. The minimum absolute atomic E-state index is 0.888. The van der Waals surface area contributed by atoms with Gasteiger partial charge in [0.1, 0.15) is 11.2 Å². The summed E-state index contributed by atoms with van der Waals surface area (Å²) in [4.78, 5) is 2.33. The molecule has 0 spiro atoms. The predicted molar refractivity (Wildman–Crippen MR) is 177 cm³/mol. The van der Waals surface area contributed by atoms with Crippen LogP contribution in [0.5, 0.6) is 0 Å². The van der Waals surface area contributed by atoms with Crippen molar-refractivity contribution in [2.24, 2.45) is 0 Å². The van der Waals surface area contributed by atoms with E-state index in [4.69, 9.17) is 4.42 Å². The fourth-order valence-corrected chi connectivity index (χ4v) is 6.16. The van der Waals surface area contributed by atoms with Crippen LogP contribution in [0.1, 0.15) is 0 Å². The van der Waals surface area contributed by atoms with Crippen molar-refractivity contribution in [3.05, 3.63) is 164 Å². The van der Waals surface area contributed by atoms with E-state index in [1.54, 1.807) is 0 Å². The van der Waals surface area contributed by atoms with Gasteiger partial charge in [0.25, 0.3) is 0 Å². The van der Waals surface area contributed by atoms with E-state index >= 15 is 0 Å². The van der Waals surface area contributed by atoms with Gasteiger partial charge in [-0.1, -0.05) is 121 Å². The zero-order valence-electron chi connectivity index (χ0n) is 22.9. The molecule has 7 aromatic carbocycles. The second kappa shape index (κ2) is 10.1. The maximum Gasteiger partial charge on any atom is 0.145 e. The lowest BCUT2D eigenvalue weighted by Crippen LogP contribution is -2.10. The SMILES string of the molecule is c1ccc(-c2ccccc2-c2ccc(N(c3ccccc3)c3ccccc3)c3c2oc2c4ccccc4ccc23)cc1. The number of furan rings is 1. The summed E-state index contributed by atoms with van der Waals surface area (Å²) in [5.74, 6) is 0. The van der Waals surface area contributed by atoms with Gasteiger partial charge in [-0.05, 0) is 64.5 Å². The second-order valence-corrected chi connectivity index (χ2v) is 10.5. The van der Waals surface area contributed by atoms with Gasteiger partial charge in [-0.25, -0.2) is 0 Å². The number of hydrogen-bond donors (Lipinski definition) is 0. The van der Waals surface area contributed by atoms with Crippen LogP contribution in [0.4, 0.5) is 17.1 Å². The molecule has 8 rings (SSSR count). The average Bonchev–Trinajstić information content (AvgIpc) is 3.47. The van der Waals surface area contributed by atoms with Crippen molar-refractivity contribution in [2.75, 3.05) is 4.90 Å². The zero-order valence-corrected chi connectivity index (χ0v) is 22.9. The van der Waals surface area contributed by atoms with Crippen LogP contribution in [0.2, 0.25) is 0 Å². The fourth-order valence-electron chi connectivity index (χ4n) is 6.16. The molecule has 2 nitrogen and oxygen atoms in total. The minimum Gasteiger partial charge on any atom is -0.455 e. The summed E-state index contributed by atoms with van der Waals surface area (Å²) < 4.78 is 6.98. The Morgan fingerprint density at radius 1 is 0.381 bits per heavy atom. The molecule has 0 saturated heterocycles. The van der Waals surface area contributed by atoms with Gasteiger partial charge >= 0.3 is 0 Å². The van der Waals surface area contributed by atoms with Gasteiger partial charge in [0.2, 0.25) is 0 Å². The quantitative estimate of drug-likeness (QED) is 0.217. The normalized spacial score (nSPS) is 11.3. The standard InChI is InChI=1S/C40H27NO/c1-4-14-28(15-5-1)32-21-12-13-23-34(32)35-26-27-37(41(30-17-6-2-7-18-30)31-19-8-3-9-20-31)38-36-25-24-29-16-10-11-22-33(29)39(36)42-40(35)38/h1-27H. The molecule has 198 valence electrons. The van der Waals surface area contributed by atoms with Gasteiger partial charge in [0.15, 0.2) is 0 Å². The van der Waals surface area contributed by atoms with Crippen molar-refractivity contribution in [1.29, 1.82) is 0 Å². The molecule has 0 amide bonds. The van der Waals surface area contributed by atoms with Crippen LogP contribution in [-0.4, -0.2) is 0 Å². The van der Waals surface area contributed by atoms with Gasteiger partial charge < -0.3 is 9.32 Å². The van der Waals surface area contributed by atoms with E-state index in [2.05, 4.69) is 169 Å². The Kier molecular flexibility index (Phi) is 5.82. The summed E-state index contributed by atoms with van der Waals surface area (Å²) >= 11 is 0. The molecule has 0 aliphatic rings. The average molecular weight is 538 g/mol. The number of fused-ring (bicyclic) bond motifs is 5. The smallest absolute Gasteiger partial charge is 0.145 e. The van der Waals surface area contributed by atoms with Crippen LogP contribution >= 0.6 is 0 Å². The first kappa shape index (κ1) is 24.2.